The fraction of sp³-hybridized carbons (Fsp3) is 0.200. The van der Waals surface area contributed by atoms with Gasteiger partial charge >= 0.3 is 0 Å². The SMILES string of the molecule is Cc1ccc(S(=O)(=O)NCCc2ccc(Cl)cc2)cc1F. The molecule has 3 nitrogen and oxygen atoms in total. The van der Waals surface area contributed by atoms with Crippen molar-refractivity contribution in [2.24, 2.45) is 0 Å². The van der Waals surface area contributed by atoms with E-state index >= 15 is 0 Å². The van der Waals surface area contributed by atoms with Crippen LogP contribution in [0.2, 0.25) is 5.02 Å². The van der Waals surface area contributed by atoms with E-state index in [4.69, 9.17) is 11.6 Å². The van der Waals surface area contributed by atoms with Crippen LogP contribution >= 0.6 is 11.6 Å². The highest BCUT2D eigenvalue weighted by Gasteiger charge is 2.14. The van der Waals surface area contributed by atoms with Crippen LogP contribution in [0.15, 0.2) is 47.4 Å². The lowest BCUT2D eigenvalue weighted by Gasteiger charge is -2.08. The zero-order chi connectivity index (χ0) is 15.5. The van der Waals surface area contributed by atoms with Crippen molar-refractivity contribution in [2.45, 2.75) is 18.2 Å². The van der Waals surface area contributed by atoms with Gasteiger partial charge in [-0.3, -0.25) is 0 Å². The number of hydrogen-bond donors (Lipinski definition) is 1. The fourth-order valence-electron chi connectivity index (χ4n) is 1.80. The largest absolute Gasteiger partial charge is 0.240 e. The topological polar surface area (TPSA) is 46.2 Å². The van der Waals surface area contributed by atoms with Gasteiger partial charge < -0.3 is 0 Å². The van der Waals surface area contributed by atoms with Crippen molar-refractivity contribution < 1.29 is 12.8 Å². The number of benzene rings is 2. The molecule has 0 amide bonds. The molecular formula is C15H15ClFNO2S. The van der Waals surface area contributed by atoms with Gasteiger partial charge in [-0.2, -0.15) is 0 Å². The normalized spacial score (nSPS) is 11.6. The summed E-state index contributed by atoms with van der Waals surface area (Å²) in [6.07, 6.45) is 0.532. The van der Waals surface area contributed by atoms with Crippen LogP contribution < -0.4 is 4.72 Å². The first-order valence-corrected chi connectivity index (χ1v) is 8.25. The Labute approximate surface area is 128 Å². The van der Waals surface area contributed by atoms with Crippen molar-refractivity contribution in [3.05, 3.63) is 64.4 Å². The average molecular weight is 328 g/mol. The zero-order valence-corrected chi connectivity index (χ0v) is 13.0. The summed E-state index contributed by atoms with van der Waals surface area (Å²) in [6, 6.07) is 11.0. The number of sulfonamides is 1. The van der Waals surface area contributed by atoms with Crippen molar-refractivity contribution in [1.29, 1.82) is 0 Å². The van der Waals surface area contributed by atoms with Crippen LogP contribution in [0.1, 0.15) is 11.1 Å². The monoisotopic (exact) mass is 327 g/mol. The van der Waals surface area contributed by atoms with Crippen molar-refractivity contribution in [3.8, 4) is 0 Å². The van der Waals surface area contributed by atoms with E-state index in [2.05, 4.69) is 4.72 Å². The first-order chi connectivity index (χ1) is 9.88. The van der Waals surface area contributed by atoms with Gasteiger partial charge in [0, 0.05) is 11.6 Å². The van der Waals surface area contributed by atoms with E-state index in [1.54, 1.807) is 19.1 Å². The molecule has 2 aromatic rings. The van der Waals surface area contributed by atoms with Gasteiger partial charge in [-0.25, -0.2) is 17.5 Å². The lowest BCUT2D eigenvalue weighted by Crippen LogP contribution is -2.26. The van der Waals surface area contributed by atoms with Crippen molar-refractivity contribution >= 4 is 21.6 Å². The minimum absolute atomic E-state index is 0.0679. The molecule has 112 valence electrons. The average Bonchev–Trinajstić information content (AvgIpc) is 2.44. The third-order valence-corrected chi connectivity index (χ3v) is 4.78. The molecule has 2 rings (SSSR count). The zero-order valence-electron chi connectivity index (χ0n) is 11.4. The molecule has 0 aliphatic carbocycles. The van der Waals surface area contributed by atoms with E-state index in [1.165, 1.54) is 12.1 Å². The summed E-state index contributed by atoms with van der Waals surface area (Å²) in [4.78, 5) is -0.0679. The summed E-state index contributed by atoms with van der Waals surface area (Å²) in [7, 11) is -3.69. The van der Waals surface area contributed by atoms with Gasteiger partial charge in [0.05, 0.1) is 4.90 Å². The van der Waals surface area contributed by atoms with Crippen molar-refractivity contribution in [1.82, 2.24) is 4.72 Å². The summed E-state index contributed by atoms with van der Waals surface area (Å²) >= 11 is 5.78. The second-order valence-corrected chi connectivity index (χ2v) is 6.89. The second-order valence-electron chi connectivity index (χ2n) is 4.69. The number of aryl methyl sites for hydroxylation is 1. The number of nitrogens with one attached hydrogen (secondary N) is 1. The molecule has 0 atom stereocenters. The van der Waals surface area contributed by atoms with Gasteiger partial charge in [-0.05, 0) is 48.7 Å². The van der Waals surface area contributed by atoms with Crippen LogP contribution in [0, 0.1) is 12.7 Å². The van der Waals surface area contributed by atoms with Gasteiger partial charge in [0.25, 0.3) is 0 Å². The van der Waals surface area contributed by atoms with Crippen LogP contribution in [-0.4, -0.2) is 15.0 Å². The molecule has 6 heteroatoms. The number of rotatable bonds is 5. The minimum atomic E-state index is -3.69. The smallest absolute Gasteiger partial charge is 0.211 e. The molecule has 1 N–H and O–H groups in total. The molecule has 0 aliphatic rings. The summed E-state index contributed by atoms with van der Waals surface area (Å²) in [5.74, 6) is -0.532. The second kappa shape index (κ2) is 6.56. The van der Waals surface area contributed by atoms with Crippen molar-refractivity contribution in [2.75, 3.05) is 6.54 Å². The van der Waals surface area contributed by atoms with Crippen LogP contribution in [-0.2, 0) is 16.4 Å². The molecule has 0 radical (unpaired) electrons. The van der Waals surface area contributed by atoms with Gasteiger partial charge in [0.15, 0.2) is 0 Å². The van der Waals surface area contributed by atoms with Gasteiger partial charge in [0.1, 0.15) is 5.82 Å². The quantitative estimate of drug-likeness (QED) is 0.915. The van der Waals surface area contributed by atoms with Crippen molar-refractivity contribution in [3.63, 3.8) is 0 Å². The fourth-order valence-corrected chi connectivity index (χ4v) is 2.97. The molecular weight excluding hydrogens is 313 g/mol. The Morgan fingerprint density at radius 2 is 1.81 bits per heavy atom. The van der Waals surface area contributed by atoms with E-state index in [0.29, 0.717) is 17.0 Å². The van der Waals surface area contributed by atoms with E-state index in [1.807, 2.05) is 12.1 Å². The summed E-state index contributed by atoms with van der Waals surface area (Å²) in [6.45, 7) is 1.82. The molecule has 0 aliphatic heterocycles. The molecule has 0 unspecified atom stereocenters. The minimum Gasteiger partial charge on any atom is -0.211 e. The Hall–Kier alpha value is -1.43. The predicted octanol–water partition coefficient (Wildman–Crippen LogP) is 3.31. The Kier molecular flexibility index (Phi) is 4.98. The molecule has 0 saturated heterocycles. The molecule has 0 spiro atoms. The van der Waals surface area contributed by atoms with E-state index in [-0.39, 0.29) is 11.4 Å². The standard InChI is InChI=1S/C15H15ClFNO2S/c1-11-2-7-14(10-15(11)17)21(19,20)18-9-8-12-3-5-13(16)6-4-12/h2-7,10,18H,8-9H2,1H3. The summed E-state index contributed by atoms with van der Waals surface area (Å²) in [5.41, 5.74) is 1.38. The third kappa shape index (κ3) is 4.27. The first-order valence-electron chi connectivity index (χ1n) is 6.39. The lowest BCUT2D eigenvalue weighted by molar-refractivity contribution is 0.576. The molecule has 21 heavy (non-hydrogen) atoms. The summed E-state index contributed by atoms with van der Waals surface area (Å²) < 4.78 is 40.0. The first kappa shape index (κ1) is 15.9. The predicted molar refractivity (Wildman–Crippen MR) is 81.5 cm³/mol. The van der Waals surface area contributed by atoms with E-state index < -0.39 is 15.8 Å². The molecule has 0 saturated carbocycles. The highest BCUT2D eigenvalue weighted by atomic mass is 35.5. The molecule has 0 bridgehead atoms. The van der Waals surface area contributed by atoms with E-state index in [0.717, 1.165) is 11.6 Å². The van der Waals surface area contributed by atoms with Crippen LogP contribution in [0.4, 0.5) is 4.39 Å². The third-order valence-electron chi connectivity index (χ3n) is 3.07. The van der Waals surface area contributed by atoms with Crippen LogP contribution in [0.5, 0.6) is 0 Å². The number of hydrogen-bond acceptors (Lipinski definition) is 2. The van der Waals surface area contributed by atoms with Gasteiger partial charge in [0.2, 0.25) is 10.0 Å². The van der Waals surface area contributed by atoms with Crippen LogP contribution in [0.3, 0.4) is 0 Å². The maximum Gasteiger partial charge on any atom is 0.240 e. The van der Waals surface area contributed by atoms with Gasteiger partial charge in [-0.1, -0.05) is 29.8 Å². The Morgan fingerprint density at radius 3 is 2.43 bits per heavy atom. The number of halogens is 2. The molecule has 0 fully saturated rings. The van der Waals surface area contributed by atoms with Crippen LogP contribution in [0.25, 0.3) is 0 Å². The Balaban J connectivity index is 2.01. The highest BCUT2D eigenvalue weighted by molar-refractivity contribution is 7.89. The molecule has 0 aromatic heterocycles. The highest BCUT2D eigenvalue weighted by Crippen LogP contribution is 2.14. The Morgan fingerprint density at radius 1 is 1.14 bits per heavy atom. The maximum atomic E-state index is 13.4. The maximum absolute atomic E-state index is 13.4. The molecule has 2 aromatic carbocycles. The summed E-state index contributed by atoms with van der Waals surface area (Å²) in [5, 5.41) is 0.634. The van der Waals surface area contributed by atoms with Gasteiger partial charge in [-0.15, -0.1) is 0 Å². The lowest BCUT2D eigenvalue weighted by atomic mass is 10.2. The van der Waals surface area contributed by atoms with E-state index in [9.17, 15) is 12.8 Å². The molecule has 0 heterocycles. The Bertz CT molecular complexity index is 730.